The fraction of sp³-hybridized carbons (Fsp3) is 0.533. The number of halogens is 1. The van der Waals surface area contributed by atoms with Crippen molar-refractivity contribution in [3.63, 3.8) is 0 Å². The number of hydrogen-bond donors (Lipinski definition) is 2. The summed E-state index contributed by atoms with van der Waals surface area (Å²) < 4.78 is 14.1. The monoisotopic (exact) mass is 281 g/mol. The molecule has 0 radical (unpaired) electrons. The van der Waals surface area contributed by atoms with Crippen LogP contribution in [0.4, 0.5) is 10.1 Å². The minimum absolute atomic E-state index is 0.110. The highest BCUT2D eigenvalue weighted by molar-refractivity contribution is 5.81. The quantitative estimate of drug-likeness (QED) is 0.802. The average molecular weight is 281 g/mol. The number of carbonyl (C=O) groups is 1. The first kappa shape index (κ1) is 16.4. The second-order valence-corrected chi connectivity index (χ2v) is 5.09. The van der Waals surface area contributed by atoms with E-state index in [2.05, 4.69) is 10.6 Å². The Balaban J connectivity index is 2.88. The van der Waals surface area contributed by atoms with Crippen molar-refractivity contribution in [3.8, 4) is 0 Å². The van der Waals surface area contributed by atoms with Crippen LogP contribution in [0, 0.1) is 5.82 Å². The van der Waals surface area contributed by atoms with Gasteiger partial charge in [0, 0.05) is 26.2 Å². The topological polar surface area (TPSA) is 44.4 Å². The van der Waals surface area contributed by atoms with Crippen molar-refractivity contribution in [2.75, 3.05) is 25.0 Å². The molecule has 112 valence electrons. The van der Waals surface area contributed by atoms with Crippen LogP contribution in [0.1, 0.15) is 26.3 Å². The Kier molecular flexibility index (Phi) is 6.45. The van der Waals surface area contributed by atoms with Crippen LogP contribution in [0.3, 0.4) is 0 Å². The van der Waals surface area contributed by atoms with E-state index in [0.29, 0.717) is 24.8 Å². The second kappa shape index (κ2) is 7.85. The molecule has 5 heteroatoms. The Morgan fingerprint density at radius 2 is 2.10 bits per heavy atom. The molecule has 4 nitrogen and oxygen atoms in total. The molecule has 2 N–H and O–H groups in total. The molecule has 0 aliphatic heterocycles. The van der Waals surface area contributed by atoms with E-state index in [1.165, 1.54) is 6.07 Å². The molecule has 0 aliphatic carbocycles. The first-order valence-corrected chi connectivity index (χ1v) is 6.94. The minimum atomic E-state index is -0.306. The van der Waals surface area contributed by atoms with E-state index in [1.54, 1.807) is 18.0 Å². The molecule has 1 rings (SSSR count). The zero-order valence-corrected chi connectivity index (χ0v) is 12.7. The van der Waals surface area contributed by atoms with Gasteiger partial charge >= 0.3 is 0 Å². The summed E-state index contributed by atoms with van der Waals surface area (Å²) in [5, 5.41) is 5.99. The van der Waals surface area contributed by atoms with Crippen LogP contribution in [0.2, 0.25) is 0 Å². The number of anilines is 1. The SMILES string of the molecule is CCNC(=O)CN(C)c1c(F)cccc1CNC(C)C. The number of amides is 1. The van der Waals surface area contributed by atoms with E-state index < -0.39 is 0 Å². The van der Waals surface area contributed by atoms with Crippen LogP contribution in [0.15, 0.2) is 18.2 Å². The van der Waals surface area contributed by atoms with E-state index in [0.717, 1.165) is 5.56 Å². The van der Waals surface area contributed by atoms with Gasteiger partial charge < -0.3 is 15.5 Å². The van der Waals surface area contributed by atoms with Crippen LogP contribution in [0.25, 0.3) is 0 Å². The van der Waals surface area contributed by atoms with Crippen LogP contribution in [-0.4, -0.2) is 32.1 Å². The number of carbonyl (C=O) groups excluding carboxylic acids is 1. The molecule has 0 aromatic heterocycles. The summed E-state index contributed by atoms with van der Waals surface area (Å²) in [6.45, 7) is 7.23. The van der Waals surface area contributed by atoms with E-state index in [-0.39, 0.29) is 18.3 Å². The molecule has 1 aromatic carbocycles. The zero-order valence-electron chi connectivity index (χ0n) is 12.7. The van der Waals surface area contributed by atoms with Gasteiger partial charge in [0.05, 0.1) is 12.2 Å². The minimum Gasteiger partial charge on any atom is -0.363 e. The molecular formula is C15H24FN3O. The molecule has 0 saturated heterocycles. The largest absolute Gasteiger partial charge is 0.363 e. The number of nitrogens with one attached hydrogen (secondary N) is 2. The van der Waals surface area contributed by atoms with Crippen LogP contribution in [0.5, 0.6) is 0 Å². The molecule has 0 aliphatic rings. The van der Waals surface area contributed by atoms with Gasteiger partial charge in [-0.05, 0) is 18.6 Å². The standard InChI is InChI=1S/C15H24FN3O/c1-5-17-14(20)10-19(4)15-12(9-18-11(2)3)7-6-8-13(15)16/h6-8,11,18H,5,9-10H2,1-4H3,(H,17,20). The van der Waals surface area contributed by atoms with Crippen molar-refractivity contribution < 1.29 is 9.18 Å². The van der Waals surface area contributed by atoms with Gasteiger partial charge in [-0.2, -0.15) is 0 Å². The molecule has 0 heterocycles. The Labute approximate surface area is 120 Å². The summed E-state index contributed by atoms with van der Waals surface area (Å²) in [6, 6.07) is 5.31. The fourth-order valence-electron chi connectivity index (χ4n) is 1.99. The number of para-hydroxylation sites is 1. The van der Waals surface area contributed by atoms with Crippen molar-refractivity contribution in [2.24, 2.45) is 0 Å². The van der Waals surface area contributed by atoms with Gasteiger partial charge in [0.2, 0.25) is 5.91 Å². The summed E-state index contributed by atoms with van der Waals surface area (Å²) >= 11 is 0. The molecule has 0 fully saturated rings. The third-order valence-corrected chi connectivity index (χ3v) is 2.91. The predicted molar refractivity (Wildman–Crippen MR) is 80.3 cm³/mol. The van der Waals surface area contributed by atoms with Gasteiger partial charge in [-0.15, -0.1) is 0 Å². The predicted octanol–water partition coefficient (Wildman–Crippen LogP) is 1.90. The molecule has 1 amide bonds. The molecular weight excluding hydrogens is 257 g/mol. The second-order valence-electron chi connectivity index (χ2n) is 5.09. The van der Waals surface area contributed by atoms with Gasteiger partial charge in [-0.3, -0.25) is 4.79 Å². The Hall–Kier alpha value is -1.62. The maximum Gasteiger partial charge on any atom is 0.239 e. The molecule has 1 aromatic rings. The van der Waals surface area contributed by atoms with E-state index in [4.69, 9.17) is 0 Å². The summed E-state index contributed by atoms with van der Waals surface area (Å²) in [5.74, 6) is -0.416. The first-order chi connectivity index (χ1) is 9.45. The molecule has 0 bridgehead atoms. The van der Waals surface area contributed by atoms with Gasteiger partial charge in [-0.25, -0.2) is 4.39 Å². The van der Waals surface area contributed by atoms with Crippen molar-refractivity contribution in [1.29, 1.82) is 0 Å². The lowest BCUT2D eigenvalue weighted by molar-refractivity contribution is -0.119. The van der Waals surface area contributed by atoms with Crippen molar-refractivity contribution >= 4 is 11.6 Å². The molecule has 0 spiro atoms. The Bertz CT molecular complexity index is 449. The Morgan fingerprint density at radius 3 is 2.70 bits per heavy atom. The summed E-state index contributed by atoms with van der Waals surface area (Å²) in [4.78, 5) is 13.3. The number of nitrogens with zero attached hydrogens (tertiary/aromatic N) is 1. The number of hydrogen-bond acceptors (Lipinski definition) is 3. The van der Waals surface area contributed by atoms with Gasteiger partial charge in [-0.1, -0.05) is 26.0 Å². The maximum absolute atomic E-state index is 14.1. The number of likely N-dealkylation sites (N-methyl/N-ethyl adjacent to an activating group) is 2. The van der Waals surface area contributed by atoms with Crippen LogP contribution >= 0.6 is 0 Å². The first-order valence-electron chi connectivity index (χ1n) is 6.94. The molecule has 20 heavy (non-hydrogen) atoms. The fourth-order valence-corrected chi connectivity index (χ4v) is 1.99. The summed E-state index contributed by atoms with van der Waals surface area (Å²) in [7, 11) is 1.73. The Morgan fingerprint density at radius 1 is 1.40 bits per heavy atom. The number of rotatable bonds is 7. The zero-order chi connectivity index (χ0) is 15.1. The highest BCUT2D eigenvalue weighted by Crippen LogP contribution is 2.23. The van der Waals surface area contributed by atoms with Gasteiger partial charge in [0.25, 0.3) is 0 Å². The lowest BCUT2D eigenvalue weighted by Gasteiger charge is -2.23. The van der Waals surface area contributed by atoms with Crippen molar-refractivity contribution in [3.05, 3.63) is 29.6 Å². The highest BCUT2D eigenvalue weighted by Gasteiger charge is 2.15. The van der Waals surface area contributed by atoms with E-state index >= 15 is 0 Å². The van der Waals surface area contributed by atoms with Crippen molar-refractivity contribution in [1.82, 2.24) is 10.6 Å². The lowest BCUT2D eigenvalue weighted by Crippen LogP contribution is -2.36. The van der Waals surface area contributed by atoms with Crippen molar-refractivity contribution in [2.45, 2.75) is 33.4 Å². The lowest BCUT2D eigenvalue weighted by atomic mass is 10.1. The average Bonchev–Trinajstić information content (AvgIpc) is 2.36. The summed E-state index contributed by atoms with van der Waals surface area (Å²) in [5.41, 5.74) is 1.33. The molecule has 0 saturated carbocycles. The van der Waals surface area contributed by atoms with Gasteiger partial charge in [0.15, 0.2) is 0 Å². The normalized spacial score (nSPS) is 10.7. The third-order valence-electron chi connectivity index (χ3n) is 2.91. The molecule has 0 atom stereocenters. The highest BCUT2D eigenvalue weighted by atomic mass is 19.1. The van der Waals surface area contributed by atoms with Crippen LogP contribution in [-0.2, 0) is 11.3 Å². The number of benzene rings is 1. The van der Waals surface area contributed by atoms with Crippen LogP contribution < -0.4 is 15.5 Å². The van der Waals surface area contributed by atoms with E-state index in [1.807, 2.05) is 26.8 Å². The molecule has 0 unspecified atom stereocenters. The summed E-state index contributed by atoms with van der Waals surface area (Å²) in [6.07, 6.45) is 0. The van der Waals surface area contributed by atoms with Gasteiger partial charge in [0.1, 0.15) is 5.82 Å². The van der Waals surface area contributed by atoms with E-state index in [9.17, 15) is 9.18 Å². The maximum atomic E-state index is 14.1. The smallest absolute Gasteiger partial charge is 0.239 e. The third kappa shape index (κ3) is 4.81.